The molecule has 0 N–H and O–H groups in total. The van der Waals surface area contributed by atoms with Gasteiger partial charge in [0.25, 0.3) is 0 Å². The second-order valence-electron chi connectivity index (χ2n) is 33.0. The largest absolute Gasteiger partial charge is 0.496 e. The Balaban J connectivity index is 0.000000770. The molecule has 10 aromatic rings. The Morgan fingerprint density at radius 3 is 0.729 bits per heavy atom. The van der Waals surface area contributed by atoms with E-state index in [0.29, 0.717) is 31.2 Å². The molecule has 0 heterocycles. The summed E-state index contributed by atoms with van der Waals surface area (Å²) in [4.78, 5) is 20.4. The molecule has 0 spiro atoms. The maximum atomic E-state index is 10.4. The SMILES string of the molecule is C=C(C)C(C)=O.CCC(C)C(C)=O.COCc1ccc(/C=C/c2ccc(/C=C/c3cc(C(C)(C)C)ccc3OC)cc2)cc1.COCc1ccc(/C=C/c2ccc(C(C)(C)C)cc2)cc1.COCc1ccc(/C=C/c2ccccc2)cc1.COc1ccc(C(C)(C)C)cc1/C=C/c1ccc(/C=C/c2cc(C(C)(C)C)ccc2OC)cc1.F.I.[2HH].[HH]. The van der Waals surface area contributed by atoms with E-state index in [4.69, 9.17) is 28.4 Å². The lowest BCUT2D eigenvalue weighted by atomic mass is 9.86. The minimum atomic E-state index is 0. The zero-order valence-electron chi connectivity index (χ0n) is 74.6. The molecule has 10 aromatic carbocycles. The van der Waals surface area contributed by atoms with Crippen molar-refractivity contribution in [2.24, 2.45) is 5.92 Å². The van der Waals surface area contributed by atoms with Gasteiger partial charge in [-0.15, -0.1) is 24.0 Å². The number of Topliss-reactive ketones (excluding diaryl/α,β-unsaturated/α-hetero) is 2. The summed E-state index contributed by atoms with van der Waals surface area (Å²) in [5.74, 6) is 3.28. The lowest BCUT2D eigenvalue weighted by Gasteiger charge is -2.20. The summed E-state index contributed by atoms with van der Waals surface area (Å²) >= 11 is 0. The number of carbonyl (C=O) groups excluding carboxylic acids is 2. The van der Waals surface area contributed by atoms with E-state index in [1.54, 1.807) is 56.5 Å². The number of halogens is 2. The number of benzene rings is 10. The molecule has 630 valence electrons. The quantitative estimate of drug-likeness (QED) is 0.0336. The molecule has 0 aliphatic rings. The second kappa shape index (κ2) is 51.8. The topological polar surface area (TPSA) is 89.5 Å². The Morgan fingerprint density at radius 2 is 0.542 bits per heavy atom. The van der Waals surface area contributed by atoms with Crippen molar-refractivity contribution < 1.29 is 45.6 Å². The highest BCUT2D eigenvalue weighted by Crippen LogP contribution is 2.33. The van der Waals surface area contributed by atoms with Crippen LogP contribution in [-0.2, 0) is 65.3 Å². The van der Waals surface area contributed by atoms with Crippen LogP contribution >= 0.6 is 24.0 Å². The van der Waals surface area contributed by atoms with Gasteiger partial charge in [-0.2, -0.15) is 0 Å². The maximum absolute atomic E-state index is 10.4. The van der Waals surface area contributed by atoms with E-state index in [1.807, 2.05) is 32.0 Å². The number of rotatable bonds is 24. The van der Waals surface area contributed by atoms with Crippen LogP contribution in [0.25, 0.3) is 72.9 Å². The molecule has 0 fully saturated rings. The third kappa shape index (κ3) is 37.5. The molecule has 0 saturated carbocycles. The van der Waals surface area contributed by atoms with Crippen molar-refractivity contribution in [2.75, 3.05) is 42.7 Å². The predicted molar refractivity (Wildman–Crippen MR) is 522 cm³/mol. The van der Waals surface area contributed by atoms with E-state index in [1.165, 1.54) is 79.2 Å². The number of methoxy groups -OCH3 is 6. The van der Waals surface area contributed by atoms with Crippen LogP contribution in [0.4, 0.5) is 4.70 Å². The van der Waals surface area contributed by atoms with Gasteiger partial charge in [0, 0.05) is 46.8 Å². The Labute approximate surface area is 729 Å². The van der Waals surface area contributed by atoms with Crippen molar-refractivity contribution in [2.45, 2.75) is 166 Å². The van der Waals surface area contributed by atoms with Gasteiger partial charge in [0.15, 0.2) is 5.78 Å². The minimum absolute atomic E-state index is 0. The van der Waals surface area contributed by atoms with Crippen LogP contribution in [0.5, 0.6) is 17.2 Å². The van der Waals surface area contributed by atoms with Crippen LogP contribution in [0, 0.1) is 5.92 Å². The minimum Gasteiger partial charge on any atom is -0.496 e. The molecule has 0 saturated heterocycles. The molecule has 0 bridgehead atoms. The molecule has 10 rings (SSSR count). The number of ketones is 2. The van der Waals surface area contributed by atoms with Crippen molar-refractivity contribution in [3.8, 4) is 17.2 Å². The van der Waals surface area contributed by atoms with Gasteiger partial charge in [0.2, 0.25) is 0 Å². The monoisotopic (exact) mass is 1710 g/mol. The zero-order chi connectivity index (χ0) is 85.4. The predicted octanol–water partition coefficient (Wildman–Crippen LogP) is 29.5. The van der Waals surface area contributed by atoms with Crippen LogP contribution in [0.15, 0.2) is 243 Å². The summed E-state index contributed by atoms with van der Waals surface area (Å²) < 4.78 is 32.0. The Morgan fingerprint density at radius 1 is 0.339 bits per heavy atom. The molecule has 0 amide bonds. The Kier molecular flexibility index (Phi) is 44.7. The van der Waals surface area contributed by atoms with Gasteiger partial charge < -0.3 is 28.4 Å². The normalized spacial score (nSPS) is 11.7. The fraction of sp³-hybridized carbons (Fsp3) is 0.296. The van der Waals surface area contributed by atoms with Crippen molar-refractivity contribution in [3.63, 3.8) is 0 Å². The van der Waals surface area contributed by atoms with Crippen LogP contribution in [-0.4, -0.2) is 54.2 Å². The molecule has 1 atom stereocenters. The number of hydrogen-bond donors (Lipinski definition) is 0. The molecular formula is C108H136FIO8. The van der Waals surface area contributed by atoms with E-state index in [9.17, 15) is 9.59 Å². The number of carbonyl (C=O) groups is 2. The fourth-order valence-electron chi connectivity index (χ4n) is 11.2. The highest BCUT2D eigenvalue weighted by atomic mass is 127. The first kappa shape index (κ1) is 102. The van der Waals surface area contributed by atoms with Gasteiger partial charge in [-0.1, -0.05) is 371 Å². The van der Waals surface area contributed by atoms with Crippen molar-refractivity contribution >= 4 is 108 Å². The van der Waals surface area contributed by atoms with Gasteiger partial charge in [0.05, 0.1) is 41.2 Å². The van der Waals surface area contributed by atoms with Crippen molar-refractivity contribution in [1.82, 2.24) is 0 Å². The molecule has 10 heteroatoms. The molecular weight excluding hydrogens is 1570 g/mol. The molecule has 0 aliphatic carbocycles. The average Bonchev–Trinajstić information content (AvgIpc) is 0.834. The van der Waals surface area contributed by atoms with Crippen molar-refractivity contribution in [1.29, 1.82) is 0 Å². The molecule has 0 aromatic heterocycles. The van der Waals surface area contributed by atoms with Crippen LogP contribution in [0.2, 0.25) is 0 Å². The summed E-state index contributed by atoms with van der Waals surface area (Å²) in [5, 5.41) is 0. The molecule has 118 heavy (non-hydrogen) atoms. The highest BCUT2D eigenvalue weighted by molar-refractivity contribution is 14.0. The van der Waals surface area contributed by atoms with E-state index in [-0.39, 0.29) is 64.9 Å². The summed E-state index contributed by atoms with van der Waals surface area (Å²) in [5.41, 5.74) is 23.9. The third-order valence-corrected chi connectivity index (χ3v) is 19.3. The van der Waals surface area contributed by atoms with Crippen LogP contribution < -0.4 is 14.2 Å². The van der Waals surface area contributed by atoms with E-state index in [2.05, 4.69) is 375 Å². The van der Waals surface area contributed by atoms with E-state index >= 15 is 0 Å². The summed E-state index contributed by atoms with van der Waals surface area (Å²) in [6, 6.07) is 80.6. The number of hydrogen-bond acceptors (Lipinski definition) is 8. The van der Waals surface area contributed by atoms with Gasteiger partial charge in [-0.3, -0.25) is 14.3 Å². The van der Waals surface area contributed by atoms with E-state index in [0.717, 1.165) is 57.1 Å². The molecule has 8 nitrogen and oxygen atoms in total. The zero-order valence-corrected chi connectivity index (χ0v) is 76.9. The lowest BCUT2D eigenvalue weighted by molar-refractivity contribution is -0.120. The lowest BCUT2D eigenvalue weighted by Crippen LogP contribution is -2.11. The van der Waals surface area contributed by atoms with E-state index < -0.39 is 0 Å². The summed E-state index contributed by atoms with van der Waals surface area (Å²) in [6.07, 6.45) is 26.5. The smallest absolute Gasteiger partial charge is 0.154 e. The molecule has 0 aliphatic heterocycles. The molecule has 0 radical (unpaired) electrons. The highest BCUT2D eigenvalue weighted by Gasteiger charge is 2.19. The maximum Gasteiger partial charge on any atom is 0.154 e. The Bertz CT molecular complexity index is 4710. The summed E-state index contributed by atoms with van der Waals surface area (Å²) in [6.45, 7) is 40.9. The third-order valence-electron chi connectivity index (χ3n) is 19.3. The molecule has 1 unspecified atom stereocenters. The first-order valence-corrected chi connectivity index (χ1v) is 40.0. The number of allylic oxidation sites excluding steroid dienone is 1. The first-order chi connectivity index (χ1) is 55.1. The number of ether oxygens (including phenoxy) is 6. The van der Waals surface area contributed by atoms with Crippen LogP contribution in [0.1, 0.15) is 233 Å². The van der Waals surface area contributed by atoms with Gasteiger partial charge in [0.1, 0.15) is 23.0 Å². The van der Waals surface area contributed by atoms with Crippen molar-refractivity contribution in [3.05, 3.63) is 348 Å². The van der Waals surface area contributed by atoms with Crippen LogP contribution in [0.3, 0.4) is 0 Å². The summed E-state index contributed by atoms with van der Waals surface area (Å²) in [7, 11) is 10.3. The van der Waals surface area contributed by atoms with Gasteiger partial charge >= 0.3 is 0 Å². The average molecular weight is 1710 g/mol. The second-order valence-corrected chi connectivity index (χ2v) is 33.0. The Hall–Kier alpha value is -10.3. The standard InChI is InChI=1S/C32H38O2.C29H32O2.C20H24O.C16H16O.C6H12O.C5H8O.FH.HI.2H2/c1-31(2,3)27-17-19-29(33-7)25(21-27)15-13-23-9-11-24(12-10-23)14-16-26-22-28(32(4,5)6)18-20-30(26)34-8;1-29(2,3)27-18-19-28(31-5)26(20-27)17-16-24-10-8-22(9-11-24)6-7-23-12-14-25(15-13-23)21-30-4;1-20(2,3)19-13-11-17(12-14-19)6-5-16-7-9-18(10-8-16)15-21-4;1-17-13-16-11-9-15(10-12-16)8-7-14-5-3-2-4-6-14;1-4-5(2)6(3)7;1-4(2)5(3)6;;;;/h9-22H,1-8H3;6-20H,21H2,1-5H3;5-14H,15H2,1-4H3;2-12H,13H2,1H3;5H,4H2,1-3H3;1H2,2-3H3;4*1H/b15-13+,16-14+;7-6+,17-16+;6-5+;8-7+;;;;;;/i;;;;;;;;1+1;. The fourth-order valence-corrected chi connectivity index (χ4v) is 11.2. The van der Waals surface area contributed by atoms with Gasteiger partial charge in [-0.05, 0) is 180 Å². The first-order valence-electron chi connectivity index (χ1n) is 40.0. The van der Waals surface area contributed by atoms with Gasteiger partial charge in [-0.25, -0.2) is 0 Å².